The molecular weight excluding hydrogens is 340 g/mol. The summed E-state index contributed by atoms with van der Waals surface area (Å²) in [6.45, 7) is 4.44. The van der Waals surface area contributed by atoms with Crippen molar-refractivity contribution in [2.45, 2.75) is 38.0 Å². The summed E-state index contributed by atoms with van der Waals surface area (Å²) in [6, 6.07) is 7.58. The Balaban J connectivity index is 1.62. The lowest BCUT2D eigenvalue weighted by Crippen LogP contribution is -2.42. The number of sulfonamides is 1. The molecule has 0 spiro atoms. The van der Waals surface area contributed by atoms with Gasteiger partial charge in [-0.1, -0.05) is 29.8 Å². The third-order valence-electron chi connectivity index (χ3n) is 4.80. The molecule has 2 heterocycles. The van der Waals surface area contributed by atoms with E-state index in [9.17, 15) is 13.2 Å². The number of carbonyl (C=O) groups is 1. The zero-order valence-electron chi connectivity index (χ0n) is 14.7. The molecule has 1 unspecified atom stereocenters. The Bertz CT molecular complexity index is 714. The van der Waals surface area contributed by atoms with Crippen LogP contribution in [-0.4, -0.2) is 62.4 Å². The van der Waals surface area contributed by atoms with Crippen molar-refractivity contribution in [2.75, 3.05) is 32.8 Å². The molecule has 1 aromatic carbocycles. The van der Waals surface area contributed by atoms with Crippen LogP contribution in [0, 0.1) is 6.92 Å². The maximum atomic E-state index is 12.7. The standard InChI is InChI=1S/C18H26N2O4S/c1-15-5-2-6-16(13-15)14-25(22,23)20-9-4-8-19(10-11-20)18(21)17-7-3-12-24-17/h2,5-6,13,17H,3-4,7-12,14H2,1H3. The number of rotatable bonds is 4. The van der Waals surface area contributed by atoms with E-state index in [-0.39, 0.29) is 17.8 Å². The number of nitrogens with zero attached hydrogens (tertiary/aromatic N) is 2. The minimum Gasteiger partial charge on any atom is -0.368 e. The normalized spacial score (nSPS) is 22.8. The Morgan fingerprint density at radius 2 is 2.04 bits per heavy atom. The molecule has 1 atom stereocenters. The summed E-state index contributed by atoms with van der Waals surface area (Å²) in [6.07, 6.45) is 2.01. The molecular formula is C18H26N2O4S. The van der Waals surface area contributed by atoms with Crippen molar-refractivity contribution in [3.05, 3.63) is 35.4 Å². The highest BCUT2D eigenvalue weighted by Gasteiger charge is 2.31. The number of hydrogen-bond donors (Lipinski definition) is 0. The summed E-state index contributed by atoms with van der Waals surface area (Å²) in [5, 5.41) is 0. The minimum atomic E-state index is -3.38. The molecule has 2 saturated heterocycles. The van der Waals surface area contributed by atoms with E-state index in [4.69, 9.17) is 4.74 Å². The molecule has 0 aromatic heterocycles. The van der Waals surface area contributed by atoms with Crippen molar-refractivity contribution in [2.24, 2.45) is 0 Å². The number of ether oxygens (including phenoxy) is 1. The van der Waals surface area contributed by atoms with Crippen molar-refractivity contribution < 1.29 is 17.9 Å². The van der Waals surface area contributed by atoms with Gasteiger partial charge >= 0.3 is 0 Å². The summed E-state index contributed by atoms with van der Waals surface area (Å²) in [4.78, 5) is 14.2. The van der Waals surface area contributed by atoms with Crippen LogP contribution in [0.25, 0.3) is 0 Å². The van der Waals surface area contributed by atoms with Gasteiger partial charge in [0.2, 0.25) is 10.0 Å². The molecule has 3 rings (SSSR count). The monoisotopic (exact) mass is 366 g/mol. The van der Waals surface area contributed by atoms with Crippen LogP contribution in [0.2, 0.25) is 0 Å². The van der Waals surface area contributed by atoms with Gasteiger partial charge in [0.15, 0.2) is 0 Å². The first kappa shape index (κ1) is 18.4. The molecule has 25 heavy (non-hydrogen) atoms. The van der Waals surface area contributed by atoms with Gasteiger partial charge in [-0.2, -0.15) is 4.31 Å². The Kier molecular flexibility index (Phi) is 5.76. The van der Waals surface area contributed by atoms with E-state index in [2.05, 4.69) is 0 Å². The second-order valence-electron chi connectivity index (χ2n) is 6.82. The van der Waals surface area contributed by atoms with Crippen LogP contribution >= 0.6 is 0 Å². The first-order valence-corrected chi connectivity index (χ1v) is 10.5. The summed E-state index contributed by atoms with van der Waals surface area (Å²) in [7, 11) is -3.38. The van der Waals surface area contributed by atoms with Gasteiger partial charge in [-0.3, -0.25) is 4.79 Å². The average molecular weight is 366 g/mol. The molecule has 0 saturated carbocycles. The van der Waals surface area contributed by atoms with Gasteiger partial charge in [0.05, 0.1) is 5.75 Å². The molecule has 6 nitrogen and oxygen atoms in total. The summed E-state index contributed by atoms with van der Waals surface area (Å²) in [5.41, 5.74) is 1.86. The fourth-order valence-electron chi connectivity index (χ4n) is 3.47. The zero-order valence-corrected chi connectivity index (χ0v) is 15.5. The summed E-state index contributed by atoms with van der Waals surface area (Å²) >= 11 is 0. The van der Waals surface area contributed by atoms with E-state index >= 15 is 0 Å². The summed E-state index contributed by atoms with van der Waals surface area (Å²) in [5.74, 6) is 0.0180. The zero-order chi connectivity index (χ0) is 17.9. The molecule has 2 aliphatic heterocycles. The maximum Gasteiger partial charge on any atom is 0.251 e. The third kappa shape index (κ3) is 4.59. The SMILES string of the molecule is Cc1cccc(CS(=O)(=O)N2CCCN(C(=O)C3CCCO3)CC2)c1. The van der Waals surface area contributed by atoms with Gasteiger partial charge in [0.1, 0.15) is 6.10 Å². The Labute approximate surface area is 149 Å². The quantitative estimate of drug-likeness (QED) is 0.811. The van der Waals surface area contributed by atoms with Gasteiger partial charge in [-0.05, 0) is 31.7 Å². The van der Waals surface area contributed by atoms with Crippen LogP contribution in [0.1, 0.15) is 30.4 Å². The van der Waals surface area contributed by atoms with Gasteiger partial charge in [0.25, 0.3) is 5.91 Å². The van der Waals surface area contributed by atoms with Crippen LogP contribution in [0.4, 0.5) is 0 Å². The molecule has 7 heteroatoms. The molecule has 0 aliphatic carbocycles. The van der Waals surface area contributed by atoms with E-state index in [0.717, 1.165) is 24.0 Å². The van der Waals surface area contributed by atoms with Crippen molar-refractivity contribution >= 4 is 15.9 Å². The van der Waals surface area contributed by atoms with Crippen molar-refractivity contribution in [3.63, 3.8) is 0 Å². The highest BCUT2D eigenvalue weighted by atomic mass is 32.2. The van der Waals surface area contributed by atoms with E-state index in [1.54, 1.807) is 4.90 Å². The average Bonchev–Trinajstić information content (AvgIpc) is 2.97. The smallest absolute Gasteiger partial charge is 0.251 e. The van der Waals surface area contributed by atoms with Crippen LogP contribution in [0.3, 0.4) is 0 Å². The Hall–Kier alpha value is -1.44. The second kappa shape index (κ2) is 7.85. The van der Waals surface area contributed by atoms with E-state index < -0.39 is 10.0 Å². The first-order chi connectivity index (χ1) is 12.0. The predicted molar refractivity (Wildman–Crippen MR) is 95.5 cm³/mol. The van der Waals surface area contributed by atoms with Crippen LogP contribution in [0.15, 0.2) is 24.3 Å². The lowest BCUT2D eigenvalue weighted by Gasteiger charge is -2.24. The van der Waals surface area contributed by atoms with Crippen LogP contribution in [-0.2, 0) is 25.3 Å². The topological polar surface area (TPSA) is 66.9 Å². The van der Waals surface area contributed by atoms with Crippen molar-refractivity contribution in [3.8, 4) is 0 Å². The van der Waals surface area contributed by atoms with Gasteiger partial charge in [-0.25, -0.2) is 8.42 Å². The van der Waals surface area contributed by atoms with E-state index in [0.29, 0.717) is 39.2 Å². The minimum absolute atomic E-state index is 0.00830. The largest absolute Gasteiger partial charge is 0.368 e. The number of hydrogen-bond acceptors (Lipinski definition) is 4. The number of carbonyl (C=O) groups excluding carboxylic acids is 1. The molecule has 138 valence electrons. The van der Waals surface area contributed by atoms with Crippen molar-refractivity contribution in [1.29, 1.82) is 0 Å². The predicted octanol–water partition coefficient (Wildman–Crippen LogP) is 1.54. The second-order valence-corrected chi connectivity index (χ2v) is 8.79. The maximum absolute atomic E-state index is 12.7. The molecule has 0 N–H and O–H groups in total. The highest BCUT2D eigenvalue weighted by molar-refractivity contribution is 7.88. The van der Waals surface area contributed by atoms with Gasteiger partial charge < -0.3 is 9.64 Å². The number of benzene rings is 1. The fourth-order valence-corrected chi connectivity index (χ4v) is 5.02. The molecule has 2 aliphatic rings. The third-order valence-corrected chi connectivity index (χ3v) is 6.65. The van der Waals surface area contributed by atoms with Gasteiger partial charge in [0, 0.05) is 32.8 Å². The first-order valence-electron chi connectivity index (χ1n) is 8.89. The number of amides is 1. The summed E-state index contributed by atoms with van der Waals surface area (Å²) < 4.78 is 32.5. The molecule has 0 bridgehead atoms. The Morgan fingerprint density at radius 3 is 2.76 bits per heavy atom. The molecule has 2 fully saturated rings. The van der Waals surface area contributed by atoms with Crippen LogP contribution in [0.5, 0.6) is 0 Å². The molecule has 1 aromatic rings. The molecule has 0 radical (unpaired) electrons. The Morgan fingerprint density at radius 1 is 1.20 bits per heavy atom. The van der Waals surface area contributed by atoms with Crippen molar-refractivity contribution in [1.82, 2.24) is 9.21 Å². The fraction of sp³-hybridized carbons (Fsp3) is 0.611. The lowest BCUT2D eigenvalue weighted by molar-refractivity contribution is -0.140. The van der Waals surface area contributed by atoms with Crippen LogP contribution < -0.4 is 0 Å². The molecule has 1 amide bonds. The van der Waals surface area contributed by atoms with Gasteiger partial charge in [-0.15, -0.1) is 0 Å². The highest BCUT2D eigenvalue weighted by Crippen LogP contribution is 2.18. The van der Waals surface area contributed by atoms with E-state index in [1.807, 2.05) is 31.2 Å². The lowest BCUT2D eigenvalue weighted by atomic mass is 10.2. The van der Waals surface area contributed by atoms with E-state index in [1.165, 1.54) is 4.31 Å². The number of aryl methyl sites for hydroxylation is 1.